The Balaban J connectivity index is 2.33. The maximum atomic E-state index is 11.8. The van der Waals surface area contributed by atoms with Crippen molar-refractivity contribution >= 4 is 23.5 Å². The molecule has 2 rings (SSSR count). The second kappa shape index (κ2) is 5.03. The van der Waals surface area contributed by atoms with Gasteiger partial charge in [0.2, 0.25) is 11.8 Å². The normalized spacial score (nSPS) is 19.7. The molecule has 1 aliphatic heterocycles. The molecular formula is C12H16N4O2. The average Bonchev–Trinajstić information content (AvgIpc) is 2.38. The molecule has 2 amide bonds. The third-order valence-electron chi connectivity index (χ3n) is 2.93. The molecule has 18 heavy (non-hydrogen) atoms. The molecule has 0 bridgehead atoms. The highest BCUT2D eigenvalue weighted by molar-refractivity contribution is 6.04. The minimum Gasteiger partial charge on any atom is -0.373 e. The van der Waals surface area contributed by atoms with Gasteiger partial charge in [-0.25, -0.2) is 4.98 Å². The summed E-state index contributed by atoms with van der Waals surface area (Å²) >= 11 is 0. The van der Waals surface area contributed by atoms with E-state index in [1.165, 1.54) is 0 Å². The molecule has 0 spiro atoms. The number of hydrogen-bond acceptors (Lipinski definition) is 5. The highest BCUT2D eigenvalue weighted by Gasteiger charge is 2.33. The van der Waals surface area contributed by atoms with Crippen molar-refractivity contribution in [2.45, 2.75) is 19.4 Å². The summed E-state index contributed by atoms with van der Waals surface area (Å²) in [7, 11) is 1.78. The van der Waals surface area contributed by atoms with E-state index in [0.717, 1.165) is 0 Å². The van der Waals surface area contributed by atoms with Gasteiger partial charge in [0.1, 0.15) is 17.7 Å². The van der Waals surface area contributed by atoms with E-state index in [0.29, 0.717) is 18.1 Å². The Morgan fingerprint density at radius 1 is 1.50 bits per heavy atom. The van der Waals surface area contributed by atoms with Crippen LogP contribution >= 0.6 is 0 Å². The van der Waals surface area contributed by atoms with Gasteiger partial charge in [-0.05, 0) is 18.6 Å². The van der Waals surface area contributed by atoms with E-state index in [9.17, 15) is 9.59 Å². The van der Waals surface area contributed by atoms with Crippen molar-refractivity contribution in [1.29, 1.82) is 0 Å². The van der Waals surface area contributed by atoms with Crippen molar-refractivity contribution in [3.63, 3.8) is 0 Å². The predicted molar refractivity (Wildman–Crippen MR) is 68.4 cm³/mol. The number of piperazine rings is 1. The lowest BCUT2D eigenvalue weighted by Crippen LogP contribution is -2.58. The lowest BCUT2D eigenvalue weighted by molar-refractivity contribution is -0.132. The molecule has 1 unspecified atom stereocenters. The van der Waals surface area contributed by atoms with Gasteiger partial charge < -0.3 is 10.2 Å². The quantitative estimate of drug-likeness (QED) is 0.756. The average molecular weight is 248 g/mol. The first kappa shape index (κ1) is 12.3. The molecule has 1 fully saturated rings. The molecule has 6 heteroatoms. The molecule has 6 nitrogen and oxygen atoms in total. The number of hydrogen-bond donors (Lipinski definition) is 2. The number of carbonyl (C=O) groups is 2. The zero-order valence-corrected chi connectivity index (χ0v) is 10.4. The molecule has 1 aliphatic rings. The number of nitrogens with one attached hydrogen (secondary N) is 2. The van der Waals surface area contributed by atoms with Crippen LogP contribution in [0.15, 0.2) is 18.2 Å². The van der Waals surface area contributed by atoms with Crippen LogP contribution in [0.2, 0.25) is 0 Å². The van der Waals surface area contributed by atoms with Crippen LogP contribution in [0.3, 0.4) is 0 Å². The smallest absolute Gasteiger partial charge is 0.249 e. The Labute approximate surface area is 105 Å². The first-order chi connectivity index (χ1) is 8.65. The lowest BCUT2D eigenvalue weighted by Gasteiger charge is -2.34. The lowest BCUT2D eigenvalue weighted by atomic mass is 10.1. The van der Waals surface area contributed by atoms with E-state index < -0.39 is 0 Å². The number of carbonyl (C=O) groups excluding carboxylic acids is 2. The number of pyridine rings is 1. The summed E-state index contributed by atoms with van der Waals surface area (Å²) in [6.07, 6.45) is 0.630. The highest BCUT2D eigenvalue weighted by atomic mass is 16.2. The van der Waals surface area contributed by atoms with Gasteiger partial charge in [-0.15, -0.1) is 0 Å². The van der Waals surface area contributed by atoms with Crippen LogP contribution in [-0.4, -0.2) is 36.4 Å². The van der Waals surface area contributed by atoms with Gasteiger partial charge in [0.05, 0.1) is 6.54 Å². The fourth-order valence-electron chi connectivity index (χ4n) is 2.04. The number of nitrogens with zero attached hydrogens (tertiary/aromatic N) is 2. The number of anilines is 2. The third kappa shape index (κ3) is 2.27. The molecular weight excluding hydrogens is 232 g/mol. The fourth-order valence-corrected chi connectivity index (χ4v) is 2.04. The fraction of sp³-hybridized carbons (Fsp3) is 0.417. The molecule has 0 saturated carbocycles. The molecule has 96 valence electrons. The molecule has 1 atom stereocenters. The van der Waals surface area contributed by atoms with Crippen molar-refractivity contribution in [2.24, 2.45) is 0 Å². The van der Waals surface area contributed by atoms with Crippen LogP contribution in [-0.2, 0) is 9.59 Å². The number of aromatic nitrogens is 1. The summed E-state index contributed by atoms with van der Waals surface area (Å²) in [6, 6.07) is 5.13. The second-order valence-corrected chi connectivity index (χ2v) is 4.10. The van der Waals surface area contributed by atoms with Gasteiger partial charge in [-0.2, -0.15) is 0 Å². The monoisotopic (exact) mass is 248 g/mol. The van der Waals surface area contributed by atoms with Gasteiger partial charge in [-0.1, -0.05) is 13.0 Å². The number of imide groups is 1. The molecule has 0 aromatic carbocycles. The zero-order valence-electron chi connectivity index (χ0n) is 10.4. The van der Waals surface area contributed by atoms with Gasteiger partial charge in [0, 0.05) is 7.05 Å². The Morgan fingerprint density at radius 3 is 2.94 bits per heavy atom. The summed E-state index contributed by atoms with van der Waals surface area (Å²) < 4.78 is 0. The van der Waals surface area contributed by atoms with E-state index in [-0.39, 0.29) is 24.4 Å². The molecule has 1 aromatic rings. The van der Waals surface area contributed by atoms with Crippen LogP contribution < -0.4 is 15.5 Å². The van der Waals surface area contributed by atoms with Crippen molar-refractivity contribution in [1.82, 2.24) is 10.3 Å². The summed E-state index contributed by atoms with van der Waals surface area (Å²) in [4.78, 5) is 29.3. The van der Waals surface area contributed by atoms with E-state index >= 15 is 0 Å². The minimum atomic E-state index is -0.345. The summed E-state index contributed by atoms with van der Waals surface area (Å²) in [5.74, 6) is 0.796. The maximum Gasteiger partial charge on any atom is 0.249 e. The van der Waals surface area contributed by atoms with Crippen LogP contribution in [0, 0.1) is 0 Å². The molecule has 2 heterocycles. The van der Waals surface area contributed by atoms with Gasteiger partial charge in [-0.3, -0.25) is 14.9 Å². The predicted octanol–water partition coefficient (Wildman–Crippen LogP) is 0.365. The van der Waals surface area contributed by atoms with Gasteiger partial charge in [0.15, 0.2) is 0 Å². The number of rotatable bonds is 3. The molecule has 0 aliphatic carbocycles. The third-order valence-corrected chi connectivity index (χ3v) is 2.93. The Kier molecular flexibility index (Phi) is 3.45. The molecule has 0 radical (unpaired) electrons. The summed E-state index contributed by atoms with van der Waals surface area (Å²) in [5, 5.41) is 5.28. The Morgan fingerprint density at radius 2 is 2.28 bits per heavy atom. The van der Waals surface area contributed by atoms with Crippen LogP contribution in [0.25, 0.3) is 0 Å². The molecule has 1 saturated heterocycles. The van der Waals surface area contributed by atoms with Gasteiger partial charge >= 0.3 is 0 Å². The molecule has 2 N–H and O–H groups in total. The Hall–Kier alpha value is -2.11. The van der Waals surface area contributed by atoms with Crippen LogP contribution in [0.1, 0.15) is 13.3 Å². The number of amides is 2. The van der Waals surface area contributed by atoms with Crippen molar-refractivity contribution < 1.29 is 9.59 Å². The van der Waals surface area contributed by atoms with Crippen LogP contribution in [0.4, 0.5) is 11.6 Å². The van der Waals surface area contributed by atoms with Crippen molar-refractivity contribution in [3.8, 4) is 0 Å². The van der Waals surface area contributed by atoms with E-state index in [1.807, 2.05) is 19.1 Å². The highest BCUT2D eigenvalue weighted by Crippen LogP contribution is 2.20. The van der Waals surface area contributed by atoms with E-state index in [2.05, 4.69) is 15.6 Å². The standard InChI is InChI=1S/C12H16N4O2/c1-3-8-12(18)15-11(17)7-16(8)10-6-4-5-9(13-2)14-10/h4-6,8H,3,7H2,1-2H3,(H,13,14)(H,15,17,18). The second-order valence-electron chi connectivity index (χ2n) is 4.10. The van der Waals surface area contributed by atoms with Gasteiger partial charge in [0.25, 0.3) is 0 Å². The summed E-state index contributed by atoms with van der Waals surface area (Å²) in [5.41, 5.74) is 0. The maximum absolute atomic E-state index is 11.8. The van der Waals surface area contributed by atoms with Crippen molar-refractivity contribution in [2.75, 3.05) is 23.8 Å². The topological polar surface area (TPSA) is 74.3 Å². The Bertz CT molecular complexity index is 475. The largest absolute Gasteiger partial charge is 0.373 e. The first-order valence-corrected chi connectivity index (χ1v) is 5.91. The minimum absolute atomic E-state index is 0.157. The van der Waals surface area contributed by atoms with Crippen LogP contribution in [0.5, 0.6) is 0 Å². The van der Waals surface area contributed by atoms with Crippen molar-refractivity contribution in [3.05, 3.63) is 18.2 Å². The zero-order chi connectivity index (χ0) is 13.1. The van der Waals surface area contributed by atoms with E-state index in [4.69, 9.17) is 0 Å². The summed E-state index contributed by atoms with van der Waals surface area (Å²) in [6.45, 7) is 2.07. The SMILES string of the molecule is CCC1C(=O)NC(=O)CN1c1cccc(NC)n1. The molecule has 1 aromatic heterocycles. The van der Waals surface area contributed by atoms with E-state index in [1.54, 1.807) is 18.0 Å². The first-order valence-electron chi connectivity index (χ1n) is 5.91.